The van der Waals surface area contributed by atoms with Crippen LogP contribution in [0.4, 0.5) is 4.79 Å². The van der Waals surface area contributed by atoms with Gasteiger partial charge in [-0.25, -0.2) is 19.6 Å². The van der Waals surface area contributed by atoms with Crippen LogP contribution in [0.25, 0.3) is 22.3 Å². The van der Waals surface area contributed by atoms with E-state index in [1.807, 2.05) is 54.6 Å². The Morgan fingerprint density at radius 3 is 2.29 bits per heavy atom. The van der Waals surface area contributed by atoms with Gasteiger partial charge in [-0.3, -0.25) is 9.59 Å². The molecule has 2 unspecified atom stereocenters. The van der Waals surface area contributed by atoms with Crippen molar-refractivity contribution >= 4 is 34.9 Å². The number of carbonyl (C=O) groups excluding carboxylic acids is 3. The highest BCUT2D eigenvalue weighted by Gasteiger charge is 2.62. The molecule has 2 aromatic carbocycles. The van der Waals surface area contributed by atoms with Crippen molar-refractivity contribution in [3.05, 3.63) is 54.6 Å². The van der Waals surface area contributed by atoms with Gasteiger partial charge in [0, 0.05) is 12.0 Å². The van der Waals surface area contributed by atoms with Gasteiger partial charge in [-0.1, -0.05) is 74.6 Å². The predicted octanol–water partition coefficient (Wildman–Crippen LogP) is 5.24. The van der Waals surface area contributed by atoms with Crippen LogP contribution in [0.3, 0.4) is 0 Å². The molecule has 3 fully saturated rings. The summed E-state index contributed by atoms with van der Waals surface area (Å²) in [6.07, 6.45) is 4.37. The number of carboxylic acid groups (broad SMARTS) is 1. The number of benzene rings is 2. The largest absolute Gasteiger partial charge is 0.479 e. The topological polar surface area (TPSA) is 160 Å². The summed E-state index contributed by atoms with van der Waals surface area (Å²) < 4.78 is 12.0. The summed E-state index contributed by atoms with van der Waals surface area (Å²) in [5.41, 5.74) is 0.506. The van der Waals surface area contributed by atoms with E-state index in [1.54, 1.807) is 20.8 Å². The molecule has 260 valence electrons. The number of carboxylic acids is 1. The van der Waals surface area contributed by atoms with Gasteiger partial charge in [0.25, 0.3) is 0 Å². The highest BCUT2D eigenvalue weighted by molar-refractivity contribution is 5.96. The molecule has 12 heteroatoms. The summed E-state index contributed by atoms with van der Waals surface area (Å²) in [5, 5.41) is 15.8. The summed E-state index contributed by atoms with van der Waals surface area (Å²) >= 11 is 0. The number of aliphatic carboxylic acids is 1. The Morgan fingerprint density at radius 1 is 0.939 bits per heavy atom. The first-order valence-electron chi connectivity index (χ1n) is 17.3. The monoisotopic (exact) mass is 671 g/mol. The van der Waals surface area contributed by atoms with Gasteiger partial charge >= 0.3 is 12.1 Å². The number of nitrogens with zero attached hydrogens (tertiary/aromatic N) is 3. The molecule has 3 amide bonds. The molecule has 0 radical (unpaired) electrons. The van der Waals surface area contributed by atoms with Crippen molar-refractivity contribution in [2.24, 2.45) is 5.92 Å². The maximum Gasteiger partial charge on any atom is 0.408 e. The number of aromatic nitrogens is 2. The van der Waals surface area contributed by atoms with Gasteiger partial charge in [0.05, 0.1) is 17.6 Å². The molecular formula is C37H45N5O7. The van der Waals surface area contributed by atoms with Crippen LogP contribution in [-0.2, 0) is 19.1 Å². The number of fused-ring (bicyclic) bond motifs is 3. The molecule has 6 rings (SSSR count). The van der Waals surface area contributed by atoms with Crippen LogP contribution in [0.1, 0.15) is 78.6 Å². The smallest absolute Gasteiger partial charge is 0.408 e. The minimum Gasteiger partial charge on any atom is -0.479 e. The molecule has 1 aliphatic carbocycles. The molecule has 2 saturated heterocycles. The van der Waals surface area contributed by atoms with E-state index >= 15 is 0 Å². The number of para-hydroxylation sites is 2. The number of amides is 3. The van der Waals surface area contributed by atoms with Crippen molar-refractivity contribution in [3.8, 4) is 17.1 Å². The molecule has 49 heavy (non-hydrogen) atoms. The van der Waals surface area contributed by atoms with E-state index < -0.39 is 53.2 Å². The minimum absolute atomic E-state index is 0.0235. The fourth-order valence-corrected chi connectivity index (χ4v) is 7.01. The van der Waals surface area contributed by atoms with Crippen molar-refractivity contribution in [2.75, 3.05) is 6.54 Å². The van der Waals surface area contributed by atoms with Crippen molar-refractivity contribution in [1.29, 1.82) is 0 Å². The summed E-state index contributed by atoms with van der Waals surface area (Å²) in [6, 6.07) is 15.0. The van der Waals surface area contributed by atoms with Crippen LogP contribution in [-0.4, -0.2) is 79.7 Å². The number of alkyl carbamates (subject to hydrolysis) is 1. The number of carbonyl (C=O) groups is 4. The third-order valence-electron chi connectivity index (χ3n) is 9.58. The standard InChI is InChI=1S/C37H45N5O7/c1-36(2,3)49-35(47)40-28-19-11-6-4-5-10-16-24-21-37(24,34(45)46)41-31(43)29-20-25(22-42(29)33(28)44)48-32-30(23-14-8-7-9-15-23)38-26-17-12-13-18-27(26)39-32/h7-9,12-15,17-18,24-25,28-29H,4-6,10-11,16,19-22H2,1-3H3,(H,40,47)(H,41,43)(H,45,46)/t24?,25-,28+,29+,37?/m1/s1. The number of nitrogens with one attached hydrogen (secondary N) is 2. The first-order valence-corrected chi connectivity index (χ1v) is 17.3. The second kappa shape index (κ2) is 14.0. The van der Waals surface area contributed by atoms with Crippen LogP contribution >= 0.6 is 0 Å². The van der Waals surface area contributed by atoms with E-state index in [1.165, 1.54) is 4.90 Å². The molecule has 12 nitrogen and oxygen atoms in total. The maximum absolute atomic E-state index is 14.4. The van der Waals surface area contributed by atoms with Crippen LogP contribution in [0.5, 0.6) is 5.88 Å². The summed E-state index contributed by atoms with van der Waals surface area (Å²) in [4.78, 5) is 64.9. The van der Waals surface area contributed by atoms with E-state index in [4.69, 9.17) is 19.4 Å². The molecule has 3 N–H and O–H groups in total. The lowest BCUT2D eigenvalue weighted by atomic mass is 10.0. The molecule has 0 bridgehead atoms. The maximum atomic E-state index is 14.4. The molecule has 0 spiro atoms. The molecule has 3 aliphatic rings. The number of rotatable bonds is 5. The molecular weight excluding hydrogens is 626 g/mol. The van der Waals surface area contributed by atoms with Crippen LogP contribution in [0.2, 0.25) is 0 Å². The van der Waals surface area contributed by atoms with Gasteiger partial charge < -0.3 is 30.1 Å². The fraction of sp³-hybridized carbons (Fsp3) is 0.514. The van der Waals surface area contributed by atoms with Crippen molar-refractivity contribution in [3.63, 3.8) is 0 Å². The summed E-state index contributed by atoms with van der Waals surface area (Å²) in [7, 11) is 0. The van der Waals surface area contributed by atoms with Crippen LogP contribution < -0.4 is 15.4 Å². The number of ether oxygens (including phenoxy) is 2. The molecule has 3 aromatic rings. The lowest BCUT2D eigenvalue weighted by Gasteiger charge is -2.30. The number of hydrogen-bond donors (Lipinski definition) is 3. The molecule has 3 heterocycles. The normalized spacial score (nSPS) is 26.4. The van der Waals surface area contributed by atoms with Crippen LogP contribution in [0.15, 0.2) is 54.6 Å². The Morgan fingerprint density at radius 2 is 1.59 bits per heavy atom. The van der Waals surface area contributed by atoms with Gasteiger partial charge in [0.15, 0.2) is 0 Å². The zero-order valence-electron chi connectivity index (χ0n) is 28.3. The lowest BCUT2D eigenvalue weighted by molar-refractivity contribution is -0.146. The highest BCUT2D eigenvalue weighted by atomic mass is 16.6. The average molecular weight is 672 g/mol. The third-order valence-corrected chi connectivity index (χ3v) is 9.58. The van der Waals surface area contributed by atoms with E-state index in [0.29, 0.717) is 42.4 Å². The second-order valence-electron chi connectivity index (χ2n) is 14.4. The van der Waals surface area contributed by atoms with E-state index in [-0.39, 0.29) is 24.8 Å². The second-order valence-corrected chi connectivity index (χ2v) is 14.4. The van der Waals surface area contributed by atoms with Crippen LogP contribution in [0, 0.1) is 5.92 Å². The minimum atomic E-state index is -1.36. The van der Waals surface area contributed by atoms with Crippen molar-refractivity contribution in [1.82, 2.24) is 25.5 Å². The fourth-order valence-electron chi connectivity index (χ4n) is 7.01. The summed E-state index contributed by atoms with van der Waals surface area (Å²) in [6.45, 7) is 5.26. The van der Waals surface area contributed by atoms with Gasteiger partial charge in [0.1, 0.15) is 35.0 Å². The van der Waals surface area contributed by atoms with Crippen molar-refractivity contribution in [2.45, 2.75) is 108 Å². The Bertz CT molecular complexity index is 1710. The Balaban J connectivity index is 1.32. The first kappa shape index (κ1) is 34.1. The molecule has 5 atom stereocenters. The molecule has 2 aliphatic heterocycles. The predicted molar refractivity (Wildman–Crippen MR) is 182 cm³/mol. The first-order chi connectivity index (χ1) is 23.4. The zero-order valence-corrected chi connectivity index (χ0v) is 28.3. The highest BCUT2D eigenvalue weighted by Crippen LogP contribution is 2.47. The molecule has 1 aromatic heterocycles. The van der Waals surface area contributed by atoms with E-state index in [2.05, 4.69) is 10.6 Å². The van der Waals surface area contributed by atoms with E-state index in [9.17, 15) is 24.3 Å². The SMILES string of the molecule is CC(C)(C)OC(=O)N[C@H]1CCCCCCCC2CC2(C(=O)O)NC(=O)[C@@H]2C[C@@H](Oc3nc4ccccc4nc3-c3ccccc3)CN2C1=O. The quantitative estimate of drug-likeness (QED) is 0.330. The Kier molecular flexibility index (Phi) is 9.76. The Labute approximate surface area is 286 Å². The third kappa shape index (κ3) is 7.79. The Hall–Kier alpha value is -4.74. The van der Waals surface area contributed by atoms with Crippen molar-refractivity contribution < 1.29 is 33.8 Å². The lowest BCUT2D eigenvalue weighted by Crippen LogP contribution is -2.56. The average Bonchev–Trinajstić information content (AvgIpc) is 3.60. The number of hydrogen-bond acceptors (Lipinski definition) is 8. The summed E-state index contributed by atoms with van der Waals surface area (Å²) in [5.74, 6) is -1.97. The van der Waals surface area contributed by atoms with Gasteiger partial charge in [0.2, 0.25) is 17.7 Å². The van der Waals surface area contributed by atoms with E-state index in [0.717, 1.165) is 31.2 Å². The van der Waals surface area contributed by atoms with Gasteiger partial charge in [-0.15, -0.1) is 0 Å². The molecule has 1 saturated carbocycles. The van der Waals surface area contributed by atoms with Gasteiger partial charge in [-0.05, 0) is 58.1 Å². The van der Waals surface area contributed by atoms with Gasteiger partial charge in [-0.2, -0.15) is 0 Å². The zero-order chi connectivity index (χ0) is 34.8.